The molecule has 0 aliphatic carbocycles. The van der Waals surface area contributed by atoms with E-state index in [0.29, 0.717) is 25.1 Å². The summed E-state index contributed by atoms with van der Waals surface area (Å²) in [6.07, 6.45) is 2.92. The SMILES string of the molecule is NC(=NOC=O)C1=NCCCC(F)C=C1. The smallest absolute Gasteiger partial charge is 0.323 e. The van der Waals surface area contributed by atoms with E-state index in [1.807, 2.05) is 0 Å². The minimum absolute atomic E-state index is 0.0348. The lowest BCUT2D eigenvalue weighted by Gasteiger charge is -2.06. The average molecular weight is 213 g/mol. The second-order valence-electron chi connectivity index (χ2n) is 2.96. The Balaban J connectivity index is 2.73. The summed E-state index contributed by atoms with van der Waals surface area (Å²) in [5.41, 5.74) is 5.79. The summed E-state index contributed by atoms with van der Waals surface area (Å²) in [5.74, 6) is -0.0348. The van der Waals surface area contributed by atoms with E-state index in [4.69, 9.17) is 5.73 Å². The average Bonchev–Trinajstić information content (AvgIpc) is 2.21. The van der Waals surface area contributed by atoms with Gasteiger partial charge in [0, 0.05) is 6.54 Å². The number of allylic oxidation sites excluding steroid dienone is 1. The molecule has 0 fully saturated rings. The van der Waals surface area contributed by atoms with Gasteiger partial charge < -0.3 is 10.6 Å². The van der Waals surface area contributed by atoms with E-state index in [1.54, 1.807) is 0 Å². The number of nitrogens with zero attached hydrogens (tertiary/aromatic N) is 2. The molecule has 15 heavy (non-hydrogen) atoms. The van der Waals surface area contributed by atoms with E-state index >= 15 is 0 Å². The highest BCUT2D eigenvalue weighted by molar-refractivity contribution is 6.45. The maximum Gasteiger partial charge on any atom is 0.323 e. The number of hydrogen-bond donors (Lipinski definition) is 1. The minimum Gasteiger partial charge on any atom is -0.379 e. The molecule has 0 aromatic carbocycles. The third-order valence-corrected chi connectivity index (χ3v) is 1.84. The van der Waals surface area contributed by atoms with Gasteiger partial charge in [-0.25, -0.2) is 4.39 Å². The molecule has 0 bridgehead atoms. The molecule has 6 heteroatoms. The van der Waals surface area contributed by atoms with E-state index < -0.39 is 6.17 Å². The number of oxime groups is 1. The summed E-state index contributed by atoms with van der Waals surface area (Å²) >= 11 is 0. The quantitative estimate of drug-likeness (QED) is 0.244. The highest BCUT2D eigenvalue weighted by Crippen LogP contribution is 2.07. The zero-order valence-electron chi connectivity index (χ0n) is 8.10. The van der Waals surface area contributed by atoms with Crippen LogP contribution in [0.2, 0.25) is 0 Å². The number of halogens is 1. The third kappa shape index (κ3) is 3.88. The Hall–Kier alpha value is -1.72. The lowest BCUT2D eigenvalue weighted by Crippen LogP contribution is -2.24. The van der Waals surface area contributed by atoms with Crippen LogP contribution in [0.1, 0.15) is 12.8 Å². The van der Waals surface area contributed by atoms with Crippen LogP contribution in [-0.2, 0) is 9.63 Å². The van der Waals surface area contributed by atoms with Crippen molar-refractivity contribution in [2.45, 2.75) is 19.0 Å². The Morgan fingerprint density at radius 2 is 2.60 bits per heavy atom. The van der Waals surface area contributed by atoms with Gasteiger partial charge in [0.25, 0.3) is 0 Å². The summed E-state index contributed by atoms with van der Waals surface area (Å²) < 4.78 is 13.0. The molecule has 0 amide bonds. The van der Waals surface area contributed by atoms with Crippen molar-refractivity contribution in [2.75, 3.05) is 6.54 Å². The van der Waals surface area contributed by atoms with Crippen molar-refractivity contribution in [2.24, 2.45) is 15.9 Å². The predicted molar refractivity (Wildman–Crippen MR) is 54.3 cm³/mol. The minimum atomic E-state index is -0.990. The Bertz CT molecular complexity index is 312. The maximum absolute atomic E-state index is 13.0. The molecule has 0 aromatic rings. The monoisotopic (exact) mass is 213 g/mol. The van der Waals surface area contributed by atoms with Crippen molar-refractivity contribution >= 4 is 18.0 Å². The summed E-state index contributed by atoms with van der Waals surface area (Å²) in [7, 11) is 0. The van der Waals surface area contributed by atoms with Crippen molar-refractivity contribution in [3.63, 3.8) is 0 Å². The van der Waals surface area contributed by atoms with Crippen LogP contribution in [-0.4, -0.2) is 30.7 Å². The number of hydrogen-bond acceptors (Lipinski definition) is 4. The fourth-order valence-corrected chi connectivity index (χ4v) is 1.12. The summed E-state index contributed by atoms with van der Waals surface area (Å²) in [5, 5.41) is 3.29. The molecule has 0 saturated carbocycles. The summed E-state index contributed by atoms with van der Waals surface area (Å²) in [4.78, 5) is 18.1. The Labute approximate surface area is 86.5 Å². The predicted octanol–water partition coefficient (Wildman–Crippen LogP) is 0.561. The molecular weight excluding hydrogens is 201 g/mol. The van der Waals surface area contributed by atoms with E-state index in [1.165, 1.54) is 12.2 Å². The van der Waals surface area contributed by atoms with Gasteiger partial charge in [0.15, 0.2) is 5.84 Å². The first-order valence-corrected chi connectivity index (χ1v) is 4.54. The second-order valence-corrected chi connectivity index (χ2v) is 2.96. The fourth-order valence-electron chi connectivity index (χ4n) is 1.12. The molecule has 0 radical (unpaired) electrons. The highest BCUT2D eigenvalue weighted by atomic mass is 19.1. The first kappa shape index (κ1) is 11.4. The van der Waals surface area contributed by atoms with Crippen LogP contribution in [0.4, 0.5) is 4.39 Å². The number of carbonyl (C=O) groups is 1. The van der Waals surface area contributed by atoms with E-state index in [-0.39, 0.29) is 12.3 Å². The molecule has 0 saturated heterocycles. The second kappa shape index (κ2) is 5.90. The molecule has 0 spiro atoms. The lowest BCUT2D eigenvalue weighted by atomic mass is 10.1. The Morgan fingerprint density at radius 3 is 3.33 bits per heavy atom. The van der Waals surface area contributed by atoms with Gasteiger partial charge >= 0.3 is 6.47 Å². The van der Waals surface area contributed by atoms with Gasteiger partial charge in [-0.05, 0) is 25.0 Å². The van der Waals surface area contributed by atoms with Crippen molar-refractivity contribution < 1.29 is 14.0 Å². The van der Waals surface area contributed by atoms with Crippen LogP contribution in [0.3, 0.4) is 0 Å². The molecule has 5 nitrogen and oxygen atoms in total. The molecule has 1 aliphatic heterocycles. The number of aliphatic imine (C=N–C) groups is 1. The topological polar surface area (TPSA) is 77.0 Å². The molecular formula is C9H12FN3O2. The highest BCUT2D eigenvalue weighted by Gasteiger charge is 2.08. The van der Waals surface area contributed by atoms with E-state index in [9.17, 15) is 9.18 Å². The maximum atomic E-state index is 13.0. The molecule has 1 aliphatic rings. The van der Waals surface area contributed by atoms with Crippen LogP contribution in [0, 0.1) is 0 Å². The number of nitrogens with two attached hydrogens (primary N) is 1. The van der Waals surface area contributed by atoms with Gasteiger partial charge in [-0.1, -0.05) is 5.16 Å². The zero-order chi connectivity index (χ0) is 11.1. The van der Waals surface area contributed by atoms with Gasteiger partial charge in [-0.3, -0.25) is 9.79 Å². The van der Waals surface area contributed by atoms with Crippen LogP contribution < -0.4 is 5.73 Å². The van der Waals surface area contributed by atoms with E-state index in [0.717, 1.165) is 0 Å². The van der Waals surface area contributed by atoms with Gasteiger partial charge in [0.1, 0.15) is 11.9 Å². The van der Waals surface area contributed by atoms with Gasteiger partial charge in [0.2, 0.25) is 0 Å². The summed E-state index contributed by atoms with van der Waals surface area (Å²) in [6, 6.07) is 0. The van der Waals surface area contributed by atoms with Crippen LogP contribution in [0.5, 0.6) is 0 Å². The number of alkyl halides is 1. The van der Waals surface area contributed by atoms with Crippen molar-refractivity contribution in [1.82, 2.24) is 0 Å². The molecule has 1 rings (SSSR count). The Morgan fingerprint density at radius 1 is 1.80 bits per heavy atom. The van der Waals surface area contributed by atoms with Gasteiger partial charge in [-0.15, -0.1) is 0 Å². The fraction of sp³-hybridized carbons (Fsp3) is 0.444. The van der Waals surface area contributed by atoms with Crippen LogP contribution >= 0.6 is 0 Å². The number of amidine groups is 1. The summed E-state index contributed by atoms with van der Waals surface area (Å²) in [6.45, 7) is 0.634. The molecule has 1 unspecified atom stereocenters. The number of rotatable bonds is 3. The van der Waals surface area contributed by atoms with Gasteiger partial charge in [-0.2, -0.15) is 0 Å². The van der Waals surface area contributed by atoms with Crippen molar-refractivity contribution in [3.8, 4) is 0 Å². The molecule has 82 valence electrons. The largest absolute Gasteiger partial charge is 0.379 e. The molecule has 1 atom stereocenters. The van der Waals surface area contributed by atoms with Crippen LogP contribution in [0.15, 0.2) is 22.3 Å². The lowest BCUT2D eigenvalue weighted by molar-refractivity contribution is -0.128. The third-order valence-electron chi connectivity index (χ3n) is 1.84. The molecule has 2 N–H and O–H groups in total. The number of carbonyl (C=O) groups excluding carboxylic acids is 1. The standard InChI is InChI=1S/C9H12FN3O2/c10-7-2-1-5-12-8(4-3-7)9(11)13-15-6-14/h3-4,6-7H,1-2,5H2,(H2,11,13). The van der Waals surface area contributed by atoms with E-state index in [2.05, 4.69) is 15.0 Å². The normalized spacial score (nSPS) is 22.6. The first-order valence-electron chi connectivity index (χ1n) is 4.54. The molecule has 1 heterocycles. The van der Waals surface area contributed by atoms with Crippen LogP contribution in [0.25, 0.3) is 0 Å². The van der Waals surface area contributed by atoms with Crippen molar-refractivity contribution in [1.29, 1.82) is 0 Å². The Kier molecular flexibility index (Phi) is 4.46. The van der Waals surface area contributed by atoms with Crippen molar-refractivity contribution in [3.05, 3.63) is 12.2 Å². The van der Waals surface area contributed by atoms with Gasteiger partial charge in [0.05, 0.1) is 0 Å². The zero-order valence-corrected chi connectivity index (χ0v) is 8.10. The first-order chi connectivity index (χ1) is 7.24. The molecule has 0 aromatic heterocycles.